The standard InChI is InChI=1S/C24H38N2O2/c1-16(2)21-12-10-17(3)14-22(21)23(27)13-11-20(26-24(28)18(4)25)15-19-8-6-5-7-9-19/h5-9,16-18,20-22H,10-15,25H2,1-4H3,(H,26,28)/t17-,18-,20-,21+,22-/m1/s1. The third kappa shape index (κ3) is 6.73. The van der Waals surface area contributed by atoms with Crippen LogP contribution in [0.1, 0.15) is 65.4 Å². The lowest BCUT2D eigenvalue weighted by atomic mass is 9.68. The molecule has 1 saturated carbocycles. The molecule has 2 rings (SSSR count). The lowest BCUT2D eigenvalue weighted by molar-refractivity contribution is -0.128. The summed E-state index contributed by atoms with van der Waals surface area (Å²) in [4.78, 5) is 25.3. The fourth-order valence-electron chi connectivity index (χ4n) is 4.53. The van der Waals surface area contributed by atoms with Gasteiger partial charge in [0.25, 0.3) is 0 Å². The first-order chi connectivity index (χ1) is 13.3. The van der Waals surface area contributed by atoms with Crippen molar-refractivity contribution in [1.29, 1.82) is 0 Å². The first-order valence-electron chi connectivity index (χ1n) is 10.9. The van der Waals surface area contributed by atoms with Crippen LogP contribution in [0.4, 0.5) is 0 Å². The maximum absolute atomic E-state index is 13.1. The minimum atomic E-state index is -0.543. The summed E-state index contributed by atoms with van der Waals surface area (Å²) in [6.45, 7) is 8.43. The summed E-state index contributed by atoms with van der Waals surface area (Å²) in [5.74, 6) is 2.06. The number of nitrogens with two attached hydrogens (primary N) is 1. The van der Waals surface area contributed by atoms with E-state index in [9.17, 15) is 9.59 Å². The molecule has 28 heavy (non-hydrogen) atoms. The first kappa shape index (κ1) is 22.6. The number of ketones is 1. The Balaban J connectivity index is 2.01. The van der Waals surface area contributed by atoms with E-state index in [-0.39, 0.29) is 17.9 Å². The van der Waals surface area contributed by atoms with Gasteiger partial charge in [0, 0.05) is 18.4 Å². The number of Topliss-reactive ketones (excluding diaryl/α,β-unsaturated/α-hetero) is 1. The molecule has 4 nitrogen and oxygen atoms in total. The van der Waals surface area contributed by atoms with Gasteiger partial charge >= 0.3 is 0 Å². The number of rotatable bonds is 9. The molecule has 0 radical (unpaired) electrons. The minimum Gasteiger partial charge on any atom is -0.352 e. The smallest absolute Gasteiger partial charge is 0.236 e. The quantitative estimate of drug-likeness (QED) is 0.670. The normalized spacial score (nSPS) is 24.6. The fourth-order valence-corrected chi connectivity index (χ4v) is 4.53. The molecule has 0 aromatic heterocycles. The highest BCUT2D eigenvalue weighted by molar-refractivity contribution is 5.82. The summed E-state index contributed by atoms with van der Waals surface area (Å²) < 4.78 is 0. The van der Waals surface area contributed by atoms with Gasteiger partial charge in [-0.05, 0) is 55.9 Å². The van der Waals surface area contributed by atoms with E-state index in [1.165, 1.54) is 6.42 Å². The number of carbonyl (C=O) groups excluding carboxylic acids is 2. The molecule has 1 aliphatic rings. The molecule has 1 aromatic carbocycles. The van der Waals surface area contributed by atoms with Crippen molar-refractivity contribution >= 4 is 11.7 Å². The molecule has 0 unspecified atom stereocenters. The monoisotopic (exact) mass is 386 g/mol. The third-order valence-electron chi connectivity index (χ3n) is 6.26. The minimum absolute atomic E-state index is 0.0663. The highest BCUT2D eigenvalue weighted by Gasteiger charge is 2.35. The highest BCUT2D eigenvalue weighted by atomic mass is 16.2. The van der Waals surface area contributed by atoms with Crippen molar-refractivity contribution in [2.45, 2.75) is 78.3 Å². The fraction of sp³-hybridized carbons (Fsp3) is 0.667. The molecule has 1 amide bonds. The second-order valence-corrected chi connectivity index (χ2v) is 9.12. The molecule has 5 atom stereocenters. The molecular weight excluding hydrogens is 348 g/mol. The Bertz CT molecular complexity index is 627. The Morgan fingerprint density at radius 3 is 2.43 bits per heavy atom. The topological polar surface area (TPSA) is 72.2 Å². The zero-order valence-corrected chi connectivity index (χ0v) is 18.0. The van der Waals surface area contributed by atoms with Crippen molar-refractivity contribution in [2.24, 2.45) is 29.4 Å². The summed E-state index contributed by atoms with van der Waals surface area (Å²) in [7, 11) is 0. The van der Waals surface area contributed by atoms with Gasteiger partial charge in [-0.15, -0.1) is 0 Å². The molecule has 0 spiro atoms. The SMILES string of the molecule is CC(C)[C@@H]1CC[C@@H](C)C[C@H]1C(=O)CC[C@H](Cc1ccccc1)NC(=O)[C@@H](C)N. The Hall–Kier alpha value is -1.68. The molecular formula is C24H38N2O2. The predicted molar refractivity (Wildman–Crippen MR) is 115 cm³/mol. The Labute approximate surface area is 170 Å². The van der Waals surface area contributed by atoms with Gasteiger partial charge in [-0.1, -0.05) is 57.5 Å². The van der Waals surface area contributed by atoms with Crippen LogP contribution in [0.25, 0.3) is 0 Å². The summed E-state index contributed by atoms with van der Waals surface area (Å²) in [5, 5.41) is 3.05. The molecule has 0 saturated heterocycles. The second kappa shape index (κ2) is 10.8. The van der Waals surface area contributed by atoms with Gasteiger partial charge in [-0.3, -0.25) is 9.59 Å². The average Bonchev–Trinajstić information content (AvgIpc) is 2.66. The van der Waals surface area contributed by atoms with Crippen molar-refractivity contribution in [3.63, 3.8) is 0 Å². The van der Waals surface area contributed by atoms with E-state index in [0.717, 1.165) is 24.8 Å². The number of hydrogen-bond acceptors (Lipinski definition) is 3. The number of benzene rings is 1. The third-order valence-corrected chi connectivity index (χ3v) is 6.26. The van der Waals surface area contributed by atoms with Gasteiger partial charge in [0.2, 0.25) is 5.91 Å². The van der Waals surface area contributed by atoms with Crippen LogP contribution in [0.15, 0.2) is 30.3 Å². The maximum atomic E-state index is 13.1. The van der Waals surface area contributed by atoms with E-state index in [2.05, 4.69) is 38.2 Å². The Kier molecular flexibility index (Phi) is 8.68. The Morgan fingerprint density at radius 1 is 1.14 bits per heavy atom. The molecule has 0 heterocycles. The predicted octanol–water partition coefficient (Wildman–Crippen LogP) is 4.12. The van der Waals surface area contributed by atoms with E-state index < -0.39 is 6.04 Å². The Morgan fingerprint density at radius 2 is 1.82 bits per heavy atom. The largest absolute Gasteiger partial charge is 0.352 e. The van der Waals surface area contributed by atoms with Crippen molar-refractivity contribution in [3.8, 4) is 0 Å². The molecule has 0 bridgehead atoms. The lowest BCUT2D eigenvalue weighted by Gasteiger charge is -2.36. The van der Waals surface area contributed by atoms with Crippen LogP contribution in [0.3, 0.4) is 0 Å². The number of carbonyl (C=O) groups is 2. The zero-order valence-electron chi connectivity index (χ0n) is 18.0. The van der Waals surface area contributed by atoms with Gasteiger partial charge in [-0.2, -0.15) is 0 Å². The molecule has 1 aliphatic carbocycles. The van der Waals surface area contributed by atoms with Gasteiger partial charge in [0.1, 0.15) is 5.78 Å². The van der Waals surface area contributed by atoms with Gasteiger partial charge in [0.05, 0.1) is 6.04 Å². The molecule has 156 valence electrons. The average molecular weight is 387 g/mol. The molecule has 4 heteroatoms. The summed E-state index contributed by atoms with van der Waals surface area (Å²) in [6, 6.07) is 9.50. The van der Waals surface area contributed by atoms with E-state index in [4.69, 9.17) is 5.73 Å². The molecule has 1 aromatic rings. The van der Waals surface area contributed by atoms with Gasteiger partial charge < -0.3 is 11.1 Å². The van der Waals surface area contributed by atoms with Crippen molar-refractivity contribution in [1.82, 2.24) is 5.32 Å². The zero-order chi connectivity index (χ0) is 20.7. The van der Waals surface area contributed by atoms with Crippen LogP contribution in [0.2, 0.25) is 0 Å². The first-order valence-corrected chi connectivity index (χ1v) is 10.9. The van der Waals surface area contributed by atoms with E-state index in [0.29, 0.717) is 36.4 Å². The van der Waals surface area contributed by atoms with Crippen LogP contribution < -0.4 is 11.1 Å². The van der Waals surface area contributed by atoms with E-state index >= 15 is 0 Å². The summed E-state index contributed by atoms with van der Waals surface area (Å²) >= 11 is 0. The second-order valence-electron chi connectivity index (χ2n) is 9.12. The van der Waals surface area contributed by atoms with Gasteiger partial charge in [0.15, 0.2) is 0 Å². The van der Waals surface area contributed by atoms with Crippen LogP contribution in [-0.2, 0) is 16.0 Å². The van der Waals surface area contributed by atoms with Crippen LogP contribution >= 0.6 is 0 Å². The number of amides is 1. The van der Waals surface area contributed by atoms with Crippen molar-refractivity contribution in [2.75, 3.05) is 0 Å². The van der Waals surface area contributed by atoms with Crippen LogP contribution in [0.5, 0.6) is 0 Å². The number of hydrogen-bond donors (Lipinski definition) is 2. The molecule has 0 aliphatic heterocycles. The lowest BCUT2D eigenvalue weighted by Crippen LogP contribution is -2.45. The van der Waals surface area contributed by atoms with Crippen molar-refractivity contribution < 1.29 is 9.59 Å². The van der Waals surface area contributed by atoms with Gasteiger partial charge in [-0.25, -0.2) is 0 Å². The van der Waals surface area contributed by atoms with Crippen molar-refractivity contribution in [3.05, 3.63) is 35.9 Å². The van der Waals surface area contributed by atoms with Crippen LogP contribution in [-0.4, -0.2) is 23.8 Å². The summed E-state index contributed by atoms with van der Waals surface area (Å²) in [6.07, 6.45) is 5.31. The van der Waals surface area contributed by atoms with Crippen LogP contribution in [0, 0.1) is 23.7 Å². The maximum Gasteiger partial charge on any atom is 0.236 e. The molecule has 1 fully saturated rings. The van der Waals surface area contributed by atoms with E-state index in [1.807, 2.05) is 18.2 Å². The molecule has 3 N–H and O–H groups in total. The van der Waals surface area contributed by atoms with E-state index in [1.54, 1.807) is 6.92 Å². The highest BCUT2D eigenvalue weighted by Crippen LogP contribution is 2.39. The summed E-state index contributed by atoms with van der Waals surface area (Å²) in [5.41, 5.74) is 6.90. The number of nitrogens with one attached hydrogen (secondary N) is 1.